The second-order valence-electron chi connectivity index (χ2n) is 4.86. The van der Waals surface area contributed by atoms with Crippen molar-refractivity contribution in [1.82, 2.24) is 9.78 Å². The average Bonchev–Trinajstić information content (AvgIpc) is 2.72. The van der Waals surface area contributed by atoms with Gasteiger partial charge in [-0.25, -0.2) is 4.79 Å². The largest absolute Gasteiger partial charge is 0.462 e. The van der Waals surface area contributed by atoms with Crippen molar-refractivity contribution >= 4 is 28.9 Å². The molecule has 1 aromatic heterocycles. The standard InChI is InChI=1S/C13H17ClN2O3/c1-13(2,12(14)18)6-7-19-11(17)5-4-10-8-15-16(3)9-10/h4-5,8-9H,6-7H2,1-3H3/b5-4+. The van der Waals surface area contributed by atoms with Gasteiger partial charge in [0, 0.05) is 30.3 Å². The molecule has 0 unspecified atom stereocenters. The topological polar surface area (TPSA) is 61.2 Å². The second-order valence-corrected chi connectivity index (χ2v) is 5.20. The third-order valence-corrected chi connectivity index (χ3v) is 3.15. The van der Waals surface area contributed by atoms with Crippen molar-refractivity contribution in [2.24, 2.45) is 12.5 Å². The lowest BCUT2D eigenvalue weighted by molar-refractivity contribution is -0.139. The van der Waals surface area contributed by atoms with Crippen molar-refractivity contribution in [1.29, 1.82) is 0 Å². The molecule has 0 saturated carbocycles. The number of ether oxygens (including phenoxy) is 1. The Labute approximate surface area is 117 Å². The van der Waals surface area contributed by atoms with Gasteiger partial charge in [-0.05, 0) is 24.1 Å². The number of nitrogens with zero attached hydrogens (tertiary/aromatic N) is 2. The van der Waals surface area contributed by atoms with Crippen LogP contribution >= 0.6 is 11.6 Å². The van der Waals surface area contributed by atoms with Gasteiger partial charge in [-0.1, -0.05) is 13.8 Å². The fraction of sp³-hybridized carbons (Fsp3) is 0.462. The molecule has 0 aliphatic rings. The Balaban J connectivity index is 2.36. The molecule has 1 rings (SSSR count). The van der Waals surface area contributed by atoms with Crippen molar-refractivity contribution in [3.8, 4) is 0 Å². The smallest absolute Gasteiger partial charge is 0.330 e. The number of aromatic nitrogens is 2. The Hall–Kier alpha value is -1.62. The molecule has 0 radical (unpaired) electrons. The normalized spacial score (nSPS) is 11.8. The molecule has 104 valence electrons. The first-order valence-corrected chi connectivity index (χ1v) is 6.22. The van der Waals surface area contributed by atoms with E-state index in [2.05, 4.69) is 5.10 Å². The molecule has 0 atom stereocenters. The molecule has 1 aromatic rings. The van der Waals surface area contributed by atoms with Crippen LogP contribution in [0.3, 0.4) is 0 Å². The van der Waals surface area contributed by atoms with Crippen LogP contribution in [0, 0.1) is 5.41 Å². The zero-order valence-corrected chi connectivity index (χ0v) is 12.0. The highest BCUT2D eigenvalue weighted by Gasteiger charge is 2.25. The summed E-state index contributed by atoms with van der Waals surface area (Å²) in [5.74, 6) is -0.457. The van der Waals surface area contributed by atoms with Gasteiger partial charge in [0.1, 0.15) is 0 Å². The van der Waals surface area contributed by atoms with Crippen molar-refractivity contribution in [2.75, 3.05) is 6.61 Å². The van der Waals surface area contributed by atoms with Crippen LogP contribution < -0.4 is 0 Å². The summed E-state index contributed by atoms with van der Waals surface area (Å²) in [5.41, 5.74) is 0.130. The summed E-state index contributed by atoms with van der Waals surface area (Å²) in [6, 6.07) is 0. The SMILES string of the molecule is Cn1cc(/C=C/C(=O)OCCC(C)(C)C(=O)Cl)cn1. The molecule has 0 saturated heterocycles. The molecule has 5 nitrogen and oxygen atoms in total. The van der Waals surface area contributed by atoms with E-state index in [1.165, 1.54) is 6.08 Å². The van der Waals surface area contributed by atoms with Gasteiger partial charge in [0.15, 0.2) is 0 Å². The molecule has 0 fully saturated rings. The Morgan fingerprint density at radius 3 is 2.74 bits per heavy atom. The van der Waals surface area contributed by atoms with Gasteiger partial charge < -0.3 is 4.74 Å². The van der Waals surface area contributed by atoms with E-state index in [0.717, 1.165) is 5.56 Å². The highest BCUT2D eigenvalue weighted by Crippen LogP contribution is 2.23. The Morgan fingerprint density at radius 1 is 1.53 bits per heavy atom. The van der Waals surface area contributed by atoms with Gasteiger partial charge in [0.25, 0.3) is 0 Å². The monoisotopic (exact) mass is 284 g/mol. The van der Waals surface area contributed by atoms with Crippen LogP contribution in [0.1, 0.15) is 25.8 Å². The summed E-state index contributed by atoms with van der Waals surface area (Å²) < 4.78 is 6.63. The molecule has 19 heavy (non-hydrogen) atoms. The number of rotatable bonds is 6. The van der Waals surface area contributed by atoms with Crippen molar-refractivity contribution < 1.29 is 14.3 Å². The first kappa shape index (κ1) is 15.4. The molecule has 0 spiro atoms. The van der Waals surface area contributed by atoms with E-state index in [4.69, 9.17) is 16.3 Å². The predicted molar refractivity (Wildman–Crippen MR) is 72.5 cm³/mol. The maximum absolute atomic E-state index is 11.4. The lowest BCUT2D eigenvalue weighted by Gasteiger charge is -2.18. The first-order valence-electron chi connectivity index (χ1n) is 5.85. The summed E-state index contributed by atoms with van der Waals surface area (Å²) in [7, 11) is 1.79. The number of aryl methyl sites for hydroxylation is 1. The third kappa shape index (κ3) is 5.26. The Morgan fingerprint density at radius 2 is 2.21 bits per heavy atom. The zero-order chi connectivity index (χ0) is 14.5. The molecule has 1 heterocycles. The molecule has 0 N–H and O–H groups in total. The maximum Gasteiger partial charge on any atom is 0.330 e. The molecule has 6 heteroatoms. The third-order valence-electron chi connectivity index (χ3n) is 2.64. The summed E-state index contributed by atoms with van der Waals surface area (Å²) in [6.45, 7) is 3.57. The Bertz CT molecular complexity index is 492. The lowest BCUT2D eigenvalue weighted by Crippen LogP contribution is -2.22. The minimum atomic E-state index is -0.686. The molecule has 0 amide bonds. The molecule has 0 aromatic carbocycles. The van der Waals surface area contributed by atoms with Gasteiger partial charge >= 0.3 is 5.97 Å². The Kier molecular flexibility index (Phi) is 5.30. The van der Waals surface area contributed by atoms with Crippen LogP contribution in [0.4, 0.5) is 0 Å². The van der Waals surface area contributed by atoms with Crippen LogP contribution in [0.5, 0.6) is 0 Å². The van der Waals surface area contributed by atoms with Crippen LogP contribution in [0.15, 0.2) is 18.5 Å². The van der Waals surface area contributed by atoms with Gasteiger partial charge in [0.05, 0.1) is 12.8 Å². The summed E-state index contributed by atoms with van der Waals surface area (Å²) in [6.07, 6.45) is 6.75. The van der Waals surface area contributed by atoms with Gasteiger partial charge in [-0.2, -0.15) is 5.10 Å². The highest BCUT2D eigenvalue weighted by molar-refractivity contribution is 6.64. The van der Waals surface area contributed by atoms with Crippen LogP contribution in [-0.2, 0) is 21.4 Å². The number of carbonyl (C=O) groups is 2. The van der Waals surface area contributed by atoms with Crippen LogP contribution in [-0.4, -0.2) is 27.6 Å². The van der Waals surface area contributed by atoms with Crippen molar-refractivity contribution in [3.05, 3.63) is 24.0 Å². The van der Waals surface area contributed by atoms with E-state index in [9.17, 15) is 9.59 Å². The van der Waals surface area contributed by atoms with Crippen molar-refractivity contribution in [3.63, 3.8) is 0 Å². The predicted octanol–water partition coefficient (Wildman–Crippen LogP) is 2.16. The lowest BCUT2D eigenvalue weighted by atomic mass is 9.92. The van der Waals surface area contributed by atoms with E-state index in [1.807, 2.05) is 0 Å². The molecule has 0 aliphatic heterocycles. The number of hydrogen-bond acceptors (Lipinski definition) is 4. The highest BCUT2D eigenvalue weighted by atomic mass is 35.5. The van der Waals surface area contributed by atoms with E-state index >= 15 is 0 Å². The molecular weight excluding hydrogens is 268 g/mol. The van der Waals surface area contributed by atoms with E-state index in [-0.39, 0.29) is 6.61 Å². The fourth-order valence-corrected chi connectivity index (χ4v) is 1.34. The van der Waals surface area contributed by atoms with Crippen LogP contribution in [0.25, 0.3) is 6.08 Å². The van der Waals surface area contributed by atoms with E-state index < -0.39 is 16.6 Å². The second kappa shape index (κ2) is 6.52. The van der Waals surface area contributed by atoms with E-state index in [0.29, 0.717) is 6.42 Å². The molecule has 0 bridgehead atoms. The van der Waals surface area contributed by atoms with Gasteiger partial charge in [-0.15, -0.1) is 0 Å². The summed E-state index contributed by atoms with van der Waals surface area (Å²) in [4.78, 5) is 22.5. The van der Waals surface area contributed by atoms with Gasteiger partial charge in [-0.3, -0.25) is 9.48 Å². The molecule has 0 aliphatic carbocycles. The first-order chi connectivity index (χ1) is 8.81. The zero-order valence-electron chi connectivity index (χ0n) is 11.2. The minimum absolute atomic E-state index is 0.154. The maximum atomic E-state index is 11.4. The number of esters is 1. The molecular formula is C13H17ClN2O3. The van der Waals surface area contributed by atoms with Crippen LogP contribution in [0.2, 0.25) is 0 Å². The van der Waals surface area contributed by atoms with Crippen molar-refractivity contribution in [2.45, 2.75) is 20.3 Å². The summed E-state index contributed by atoms with van der Waals surface area (Å²) >= 11 is 5.43. The number of halogens is 1. The minimum Gasteiger partial charge on any atom is -0.462 e. The quantitative estimate of drug-likeness (QED) is 0.456. The number of hydrogen-bond donors (Lipinski definition) is 0. The van der Waals surface area contributed by atoms with E-state index in [1.54, 1.807) is 44.0 Å². The van der Waals surface area contributed by atoms with Gasteiger partial charge in [0.2, 0.25) is 5.24 Å². The number of carbonyl (C=O) groups excluding carboxylic acids is 2. The fourth-order valence-electron chi connectivity index (χ4n) is 1.24. The average molecular weight is 285 g/mol. The summed E-state index contributed by atoms with van der Waals surface area (Å²) in [5, 5.41) is 3.53.